The first-order valence-electron chi connectivity index (χ1n) is 8.23. The zero-order chi connectivity index (χ0) is 19.2. The number of carbonyl (C=O) groups is 1. The van der Waals surface area contributed by atoms with Crippen LogP contribution in [0.2, 0.25) is 0 Å². The first-order chi connectivity index (χ1) is 12.3. The number of halogens is 1. The molecule has 0 aliphatic rings. The van der Waals surface area contributed by atoms with Crippen LogP contribution in [0.1, 0.15) is 23.7 Å². The molecule has 26 heavy (non-hydrogen) atoms. The summed E-state index contributed by atoms with van der Waals surface area (Å²) in [7, 11) is -3.85. The maximum Gasteiger partial charge on any atom is 0.252 e. The van der Waals surface area contributed by atoms with E-state index in [1.54, 1.807) is 0 Å². The van der Waals surface area contributed by atoms with E-state index >= 15 is 0 Å². The molecule has 3 N–H and O–H groups in total. The van der Waals surface area contributed by atoms with E-state index in [9.17, 15) is 13.2 Å². The van der Waals surface area contributed by atoms with Crippen molar-refractivity contribution in [2.24, 2.45) is 5.14 Å². The van der Waals surface area contributed by atoms with Gasteiger partial charge in [0, 0.05) is 29.8 Å². The molecule has 0 saturated heterocycles. The zero-order valence-electron chi connectivity index (χ0n) is 14.5. The van der Waals surface area contributed by atoms with Gasteiger partial charge in [0.1, 0.15) is 0 Å². The molecular formula is C18H22BrN3O3S. The average molecular weight is 440 g/mol. The number of rotatable bonds is 8. The van der Waals surface area contributed by atoms with E-state index in [0.29, 0.717) is 11.0 Å². The molecule has 1 amide bonds. The summed E-state index contributed by atoms with van der Waals surface area (Å²) >= 11 is 3.27. The summed E-state index contributed by atoms with van der Waals surface area (Å²) in [5.41, 5.74) is 1.39. The van der Waals surface area contributed by atoms with Crippen molar-refractivity contribution in [2.45, 2.75) is 18.2 Å². The quantitative estimate of drug-likeness (QED) is 0.618. The second-order valence-electron chi connectivity index (χ2n) is 5.71. The minimum absolute atomic E-state index is 0.0907. The van der Waals surface area contributed by atoms with Gasteiger partial charge in [0.05, 0.1) is 10.5 Å². The molecule has 0 atom stereocenters. The smallest absolute Gasteiger partial charge is 0.252 e. The van der Waals surface area contributed by atoms with Crippen molar-refractivity contribution in [1.82, 2.24) is 5.32 Å². The third kappa shape index (κ3) is 5.55. The first-order valence-corrected chi connectivity index (χ1v) is 10.6. The summed E-state index contributed by atoms with van der Waals surface area (Å²) in [5.74, 6) is -0.342. The van der Waals surface area contributed by atoms with Crippen LogP contribution in [0.3, 0.4) is 0 Å². The summed E-state index contributed by atoms with van der Waals surface area (Å²) < 4.78 is 23.4. The molecule has 2 aromatic rings. The van der Waals surface area contributed by atoms with Gasteiger partial charge >= 0.3 is 0 Å². The third-order valence-electron chi connectivity index (χ3n) is 3.90. The number of sulfonamides is 1. The average Bonchev–Trinajstić information content (AvgIpc) is 2.61. The van der Waals surface area contributed by atoms with Crippen molar-refractivity contribution in [2.75, 3.05) is 24.5 Å². The van der Waals surface area contributed by atoms with Crippen LogP contribution >= 0.6 is 15.9 Å². The van der Waals surface area contributed by atoms with Crippen LogP contribution in [0.5, 0.6) is 0 Å². The minimum Gasteiger partial charge on any atom is -0.372 e. The van der Waals surface area contributed by atoms with Crippen molar-refractivity contribution in [3.8, 4) is 0 Å². The zero-order valence-corrected chi connectivity index (χ0v) is 16.9. The fourth-order valence-electron chi connectivity index (χ4n) is 2.53. The minimum atomic E-state index is -3.85. The second kappa shape index (κ2) is 9.16. The second-order valence-corrected chi connectivity index (χ2v) is 8.13. The molecule has 0 heterocycles. The SMILES string of the molecule is CCN(CCCNC(=O)c1cc(S(N)(=O)=O)ccc1Br)c1ccccc1. The van der Waals surface area contributed by atoms with Crippen LogP contribution in [0.15, 0.2) is 57.9 Å². The maximum absolute atomic E-state index is 12.3. The Hall–Kier alpha value is -1.90. The fourth-order valence-corrected chi connectivity index (χ4v) is 3.50. The number of para-hydroxylation sites is 1. The molecule has 0 spiro atoms. The van der Waals surface area contributed by atoms with Gasteiger partial charge < -0.3 is 10.2 Å². The van der Waals surface area contributed by atoms with Crippen LogP contribution in [0.4, 0.5) is 5.69 Å². The van der Waals surface area contributed by atoms with E-state index in [4.69, 9.17) is 5.14 Å². The summed E-state index contributed by atoms with van der Waals surface area (Å²) in [6, 6.07) is 14.2. The van der Waals surface area contributed by atoms with Crippen molar-refractivity contribution in [3.05, 3.63) is 58.6 Å². The van der Waals surface area contributed by atoms with Gasteiger partial charge in [-0.1, -0.05) is 18.2 Å². The Bertz CT molecular complexity index is 857. The highest BCUT2D eigenvalue weighted by atomic mass is 79.9. The molecule has 0 radical (unpaired) electrons. The number of nitrogens with zero attached hydrogens (tertiary/aromatic N) is 1. The Morgan fingerprint density at radius 1 is 1.19 bits per heavy atom. The standard InChI is InChI=1S/C18H22BrN3O3S/c1-2-22(14-7-4-3-5-8-14)12-6-11-21-18(23)16-13-15(26(20,24)25)9-10-17(16)19/h3-5,7-10,13H,2,6,11-12H2,1H3,(H,21,23)(H2,20,24,25). The number of nitrogens with one attached hydrogen (secondary N) is 1. The van der Waals surface area contributed by atoms with Crippen LogP contribution in [-0.4, -0.2) is 34.0 Å². The van der Waals surface area contributed by atoms with E-state index < -0.39 is 10.0 Å². The lowest BCUT2D eigenvalue weighted by Gasteiger charge is -2.23. The molecule has 0 aromatic heterocycles. The Morgan fingerprint density at radius 3 is 2.50 bits per heavy atom. The molecule has 2 aromatic carbocycles. The molecule has 0 aliphatic carbocycles. The van der Waals surface area contributed by atoms with Crippen LogP contribution < -0.4 is 15.4 Å². The molecule has 8 heteroatoms. The number of carbonyl (C=O) groups excluding carboxylic acids is 1. The highest BCUT2D eigenvalue weighted by Crippen LogP contribution is 2.20. The number of anilines is 1. The molecule has 0 fully saturated rings. The Balaban J connectivity index is 1.93. The first kappa shape index (κ1) is 20.4. The number of amides is 1. The molecule has 140 valence electrons. The number of primary sulfonamides is 1. The molecule has 6 nitrogen and oxygen atoms in total. The number of nitrogens with two attached hydrogens (primary N) is 1. The summed E-state index contributed by atoms with van der Waals surface area (Å²) in [6.07, 6.45) is 0.765. The predicted molar refractivity (Wildman–Crippen MR) is 107 cm³/mol. The van der Waals surface area contributed by atoms with Crippen LogP contribution in [0, 0.1) is 0 Å². The molecule has 0 aliphatic heterocycles. The van der Waals surface area contributed by atoms with Crippen LogP contribution in [-0.2, 0) is 10.0 Å². The summed E-state index contributed by atoms with van der Waals surface area (Å²) in [4.78, 5) is 14.5. The van der Waals surface area contributed by atoms with Gasteiger partial charge in [0.25, 0.3) is 5.91 Å². The Labute approximate surface area is 162 Å². The van der Waals surface area contributed by atoms with Crippen molar-refractivity contribution < 1.29 is 13.2 Å². The van der Waals surface area contributed by atoms with Gasteiger partial charge in [-0.25, -0.2) is 13.6 Å². The molecular weight excluding hydrogens is 418 g/mol. The third-order valence-corrected chi connectivity index (χ3v) is 5.51. The molecule has 2 rings (SSSR count). The Kier molecular flexibility index (Phi) is 7.19. The topological polar surface area (TPSA) is 92.5 Å². The Morgan fingerprint density at radius 2 is 1.88 bits per heavy atom. The molecule has 0 saturated carbocycles. The van der Waals surface area contributed by atoms with Crippen molar-refractivity contribution in [3.63, 3.8) is 0 Å². The summed E-state index contributed by atoms with van der Waals surface area (Å²) in [5, 5.41) is 7.94. The lowest BCUT2D eigenvalue weighted by molar-refractivity contribution is 0.0952. The fraction of sp³-hybridized carbons (Fsp3) is 0.278. The number of hydrogen-bond donors (Lipinski definition) is 2. The summed E-state index contributed by atoms with van der Waals surface area (Å²) in [6.45, 7) is 4.24. The van der Waals surface area contributed by atoms with E-state index in [1.807, 2.05) is 18.2 Å². The van der Waals surface area contributed by atoms with E-state index in [1.165, 1.54) is 18.2 Å². The number of hydrogen-bond acceptors (Lipinski definition) is 4. The van der Waals surface area contributed by atoms with E-state index in [-0.39, 0.29) is 16.4 Å². The van der Waals surface area contributed by atoms with Gasteiger partial charge in [0.15, 0.2) is 0 Å². The van der Waals surface area contributed by atoms with Crippen LogP contribution in [0.25, 0.3) is 0 Å². The highest BCUT2D eigenvalue weighted by molar-refractivity contribution is 9.10. The predicted octanol–water partition coefficient (Wildman–Crippen LogP) is 2.74. The van der Waals surface area contributed by atoms with Gasteiger partial charge in [-0.3, -0.25) is 4.79 Å². The lowest BCUT2D eigenvalue weighted by Crippen LogP contribution is -2.30. The monoisotopic (exact) mass is 439 g/mol. The molecule has 0 unspecified atom stereocenters. The maximum atomic E-state index is 12.3. The highest BCUT2D eigenvalue weighted by Gasteiger charge is 2.15. The largest absolute Gasteiger partial charge is 0.372 e. The van der Waals surface area contributed by atoms with Crippen molar-refractivity contribution >= 4 is 37.5 Å². The van der Waals surface area contributed by atoms with E-state index in [0.717, 1.165) is 25.2 Å². The van der Waals surface area contributed by atoms with Gasteiger partial charge in [-0.2, -0.15) is 0 Å². The van der Waals surface area contributed by atoms with Gasteiger partial charge in [-0.05, 0) is 59.6 Å². The van der Waals surface area contributed by atoms with Gasteiger partial charge in [-0.15, -0.1) is 0 Å². The normalized spacial score (nSPS) is 11.2. The van der Waals surface area contributed by atoms with Crippen molar-refractivity contribution in [1.29, 1.82) is 0 Å². The number of benzene rings is 2. The van der Waals surface area contributed by atoms with E-state index in [2.05, 4.69) is 45.2 Å². The van der Waals surface area contributed by atoms with Gasteiger partial charge in [0.2, 0.25) is 10.0 Å². The lowest BCUT2D eigenvalue weighted by atomic mass is 10.2. The molecule has 0 bridgehead atoms.